The fourth-order valence-corrected chi connectivity index (χ4v) is 4.34. The van der Waals surface area contributed by atoms with Gasteiger partial charge in [-0.2, -0.15) is 0 Å². The second-order valence-electron chi connectivity index (χ2n) is 8.42. The molecule has 5 aromatic rings. The first kappa shape index (κ1) is 23.8. The lowest BCUT2D eigenvalue weighted by molar-refractivity contribution is -0.116. The van der Waals surface area contributed by atoms with Gasteiger partial charge in [0, 0.05) is 11.9 Å². The SMILES string of the molecule is COC(=O)c1ccccc1NC(=O)Cn1c(=O)n(CCc2ccccc2)c(=O)c2oc3ccccc3c21. The largest absolute Gasteiger partial charge is 0.465 e. The average molecular weight is 498 g/mol. The van der Waals surface area contributed by atoms with Crippen molar-refractivity contribution >= 4 is 39.6 Å². The topological polar surface area (TPSA) is 113 Å². The van der Waals surface area contributed by atoms with Crippen LogP contribution in [0.1, 0.15) is 15.9 Å². The Morgan fingerprint density at radius 2 is 1.59 bits per heavy atom. The number of hydrogen-bond acceptors (Lipinski definition) is 6. The van der Waals surface area contributed by atoms with E-state index in [0.29, 0.717) is 17.4 Å². The molecule has 0 fully saturated rings. The van der Waals surface area contributed by atoms with E-state index < -0.39 is 29.7 Å². The summed E-state index contributed by atoms with van der Waals surface area (Å²) >= 11 is 0. The van der Waals surface area contributed by atoms with E-state index in [0.717, 1.165) is 10.1 Å². The smallest absolute Gasteiger partial charge is 0.339 e. The van der Waals surface area contributed by atoms with E-state index in [1.807, 2.05) is 30.3 Å². The zero-order valence-electron chi connectivity index (χ0n) is 20.0. The van der Waals surface area contributed by atoms with Gasteiger partial charge in [0.05, 0.1) is 18.4 Å². The number of carbonyl (C=O) groups is 2. The molecule has 1 amide bonds. The van der Waals surface area contributed by atoms with E-state index in [2.05, 4.69) is 5.32 Å². The van der Waals surface area contributed by atoms with Crippen LogP contribution in [0.15, 0.2) is 92.9 Å². The van der Waals surface area contributed by atoms with Crippen LogP contribution in [0.3, 0.4) is 0 Å². The Balaban J connectivity index is 1.58. The molecule has 0 spiro atoms. The van der Waals surface area contributed by atoms with E-state index in [-0.39, 0.29) is 28.9 Å². The molecule has 0 bridgehead atoms. The van der Waals surface area contributed by atoms with Crippen LogP contribution in [0, 0.1) is 0 Å². The molecule has 2 heterocycles. The van der Waals surface area contributed by atoms with Crippen LogP contribution in [-0.2, 0) is 29.0 Å². The van der Waals surface area contributed by atoms with Gasteiger partial charge in [0.2, 0.25) is 11.5 Å². The number of aryl methyl sites for hydroxylation is 1. The van der Waals surface area contributed by atoms with E-state index in [4.69, 9.17) is 9.15 Å². The van der Waals surface area contributed by atoms with Crippen LogP contribution in [-0.4, -0.2) is 28.1 Å². The average Bonchev–Trinajstić information content (AvgIpc) is 3.31. The van der Waals surface area contributed by atoms with Gasteiger partial charge in [0.1, 0.15) is 17.6 Å². The number of para-hydroxylation sites is 2. The highest BCUT2D eigenvalue weighted by Crippen LogP contribution is 2.25. The second-order valence-corrected chi connectivity index (χ2v) is 8.42. The number of amides is 1. The summed E-state index contributed by atoms with van der Waals surface area (Å²) in [7, 11) is 1.25. The zero-order chi connectivity index (χ0) is 25.9. The van der Waals surface area contributed by atoms with Gasteiger partial charge >= 0.3 is 11.7 Å². The number of esters is 1. The molecule has 0 unspecified atom stereocenters. The van der Waals surface area contributed by atoms with Gasteiger partial charge in [-0.15, -0.1) is 0 Å². The summed E-state index contributed by atoms with van der Waals surface area (Å²) in [5.74, 6) is -1.16. The lowest BCUT2D eigenvalue weighted by atomic mass is 10.1. The minimum atomic E-state index is -0.628. The maximum absolute atomic E-state index is 13.6. The third-order valence-electron chi connectivity index (χ3n) is 6.12. The van der Waals surface area contributed by atoms with Gasteiger partial charge in [0.25, 0.3) is 5.56 Å². The Morgan fingerprint density at radius 3 is 2.38 bits per heavy atom. The minimum Gasteiger partial charge on any atom is -0.465 e. The highest BCUT2D eigenvalue weighted by molar-refractivity contribution is 6.04. The molecule has 0 radical (unpaired) electrons. The lowest BCUT2D eigenvalue weighted by Crippen LogP contribution is -2.42. The van der Waals surface area contributed by atoms with Crippen LogP contribution in [0.4, 0.5) is 5.69 Å². The molecule has 9 nitrogen and oxygen atoms in total. The first-order valence-corrected chi connectivity index (χ1v) is 11.6. The molecule has 5 rings (SSSR count). The highest BCUT2D eigenvalue weighted by Gasteiger charge is 2.22. The molecule has 2 aromatic heterocycles. The molecular formula is C28H23N3O6. The third-order valence-corrected chi connectivity index (χ3v) is 6.12. The zero-order valence-corrected chi connectivity index (χ0v) is 20.0. The summed E-state index contributed by atoms with van der Waals surface area (Å²) in [6, 6.07) is 22.8. The quantitative estimate of drug-likeness (QED) is 0.344. The Morgan fingerprint density at radius 1 is 0.892 bits per heavy atom. The lowest BCUT2D eigenvalue weighted by Gasteiger charge is -2.13. The maximum Gasteiger partial charge on any atom is 0.339 e. The first-order chi connectivity index (χ1) is 18.0. The number of aromatic nitrogens is 2. The second kappa shape index (κ2) is 9.98. The molecule has 0 saturated carbocycles. The fourth-order valence-electron chi connectivity index (χ4n) is 4.34. The maximum atomic E-state index is 13.6. The number of carbonyl (C=O) groups excluding carboxylic acids is 2. The molecule has 37 heavy (non-hydrogen) atoms. The van der Waals surface area contributed by atoms with Crippen molar-refractivity contribution < 1.29 is 18.7 Å². The predicted molar refractivity (Wildman–Crippen MR) is 139 cm³/mol. The van der Waals surface area contributed by atoms with Crippen LogP contribution >= 0.6 is 0 Å². The van der Waals surface area contributed by atoms with Crippen LogP contribution in [0.25, 0.3) is 22.1 Å². The van der Waals surface area contributed by atoms with Gasteiger partial charge in [-0.05, 0) is 36.2 Å². The molecule has 3 aromatic carbocycles. The minimum absolute atomic E-state index is 0.00313. The first-order valence-electron chi connectivity index (χ1n) is 11.6. The number of rotatable bonds is 7. The van der Waals surface area contributed by atoms with Gasteiger partial charge in [-0.25, -0.2) is 9.59 Å². The van der Waals surface area contributed by atoms with Gasteiger partial charge in [0.15, 0.2) is 0 Å². The molecule has 9 heteroatoms. The van der Waals surface area contributed by atoms with Crippen LogP contribution in [0.2, 0.25) is 0 Å². The van der Waals surface area contributed by atoms with Crippen molar-refractivity contribution in [2.24, 2.45) is 0 Å². The molecule has 0 aliphatic rings. The normalized spacial score (nSPS) is 11.1. The Labute approximate surface area is 210 Å². The van der Waals surface area contributed by atoms with Crippen molar-refractivity contribution in [1.82, 2.24) is 9.13 Å². The van der Waals surface area contributed by atoms with Crippen molar-refractivity contribution in [2.75, 3.05) is 12.4 Å². The molecule has 1 N–H and O–H groups in total. The molecule has 0 atom stereocenters. The number of benzene rings is 3. The van der Waals surface area contributed by atoms with Gasteiger partial charge < -0.3 is 14.5 Å². The molecule has 186 valence electrons. The van der Waals surface area contributed by atoms with Gasteiger partial charge in [-0.3, -0.25) is 18.7 Å². The Hall–Kier alpha value is -4.92. The van der Waals surface area contributed by atoms with Crippen molar-refractivity contribution in [3.05, 3.63) is 111 Å². The summed E-state index contributed by atoms with van der Waals surface area (Å²) in [4.78, 5) is 52.2. The summed E-state index contributed by atoms with van der Waals surface area (Å²) in [5.41, 5.74) is 0.878. The monoisotopic (exact) mass is 497 g/mol. The van der Waals surface area contributed by atoms with E-state index in [1.54, 1.807) is 42.5 Å². The summed E-state index contributed by atoms with van der Waals surface area (Å²) in [5, 5.41) is 3.23. The Kier molecular flexibility index (Phi) is 6.42. The van der Waals surface area contributed by atoms with Crippen molar-refractivity contribution in [3.63, 3.8) is 0 Å². The molecular weight excluding hydrogens is 474 g/mol. The third kappa shape index (κ3) is 4.54. The van der Waals surface area contributed by atoms with Crippen molar-refractivity contribution in [1.29, 1.82) is 0 Å². The predicted octanol–water partition coefficient (Wildman–Crippen LogP) is 3.58. The summed E-state index contributed by atoms with van der Waals surface area (Å²) in [6.45, 7) is -0.290. The van der Waals surface area contributed by atoms with Crippen molar-refractivity contribution in [3.8, 4) is 0 Å². The molecule has 0 aliphatic heterocycles. The number of anilines is 1. The summed E-state index contributed by atoms with van der Waals surface area (Å²) in [6.07, 6.45) is 0.445. The number of methoxy groups -OCH3 is 1. The highest BCUT2D eigenvalue weighted by atomic mass is 16.5. The van der Waals surface area contributed by atoms with E-state index >= 15 is 0 Å². The van der Waals surface area contributed by atoms with Crippen molar-refractivity contribution in [2.45, 2.75) is 19.5 Å². The number of furan rings is 1. The Bertz CT molecular complexity index is 1750. The van der Waals surface area contributed by atoms with E-state index in [1.165, 1.54) is 17.7 Å². The van der Waals surface area contributed by atoms with Crippen LogP contribution in [0.5, 0.6) is 0 Å². The number of nitrogens with one attached hydrogen (secondary N) is 1. The van der Waals surface area contributed by atoms with E-state index in [9.17, 15) is 19.2 Å². The number of ether oxygens (including phenoxy) is 1. The van der Waals surface area contributed by atoms with Gasteiger partial charge in [-0.1, -0.05) is 54.6 Å². The number of hydrogen-bond donors (Lipinski definition) is 1. The summed E-state index contributed by atoms with van der Waals surface area (Å²) < 4.78 is 13.0. The molecule has 0 saturated heterocycles. The number of fused-ring (bicyclic) bond motifs is 3. The standard InChI is InChI=1S/C28H23N3O6/c1-36-27(34)19-11-5-7-13-21(19)29-23(32)17-31-24-20-12-6-8-14-22(20)37-25(24)26(33)30(28(31)35)16-15-18-9-3-2-4-10-18/h2-14H,15-17H2,1H3,(H,29,32). The van der Waals surface area contributed by atoms with Crippen LogP contribution < -0.4 is 16.6 Å². The fraction of sp³-hybridized carbons (Fsp3) is 0.143. The molecule has 0 aliphatic carbocycles. The number of nitrogens with zero attached hydrogens (tertiary/aromatic N) is 2.